The van der Waals surface area contributed by atoms with Gasteiger partial charge >= 0.3 is 0 Å². The van der Waals surface area contributed by atoms with Gasteiger partial charge in [-0.05, 0) is 31.5 Å². The van der Waals surface area contributed by atoms with E-state index in [1.54, 1.807) is 21.0 Å². The van der Waals surface area contributed by atoms with Crippen molar-refractivity contribution in [3.05, 3.63) is 34.5 Å². The van der Waals surface area contributed by atoms with Crippen LogP contribution in [0.1, 0.15) is 36.2 Å². The van der Waals surface area contributed by atoms with Crippen molar-refractivity contribution in [2.24, 2.45) is 0 Å². The number of amides is 1. The molecule has 0 radical (unpaired) electrons. The van der Waals surface area contributed by atoms with Gasteiger partial charge < -0.3 is 19.5 Å². The molecule has 1 saturated heterocycles. The highest BCUT2D eigenvalue weighted by molar-refractivity contribution is 7.17. The molecule has 1 atom stereocenters. The molecule has 1 fully saturated rings. The maximum Gasteiger partial charge on any atom is 0.230 e. The minimum Gasteiger partial charge on any atom is -0.493 e. The Kier molecular flexibility index (Phi) is 6.01. The van der Waals surface area contributed by atoms with E-state index in [1.807, 2.05) is 30.0 Å². The number of ether oxygens (including phenoxy) is 2. The van der Waals surface area contributed by atoms with E-state index >= 15 is 0 Å². The highest BCUT2D eigenvalue weighted by Gasteiger charge is 2.32. The lowest BCUT2D eigenvalue weighted by atomic mass is 10.0. The van der Waals surface area contributed by atoms with Crippen LogP contribution < -0.4 is 9.47 Å². The minimum atomic E-state index is -0.229. The topological polar surface area (TPSA) is 92.4 Å². The molecule has 3 heterocycles. The van der Waals surface area contributed by atoms with Crippen LogP contribution in [0, 0.1) is 6.92 Å². The lowest BCUT2D eigenvalue weighted by molar-refractivity contribution is -0.130. The molecule has 1 aromatic carbocycles. The number of hydrogen-bond donors (Lipinski definition) is 1. The Bertz CT molecular complexity index is 1090. The molecule has 1 N–H and O–H groups in total. The van der Waals surface area contributed by atoms with E-state index < -0.39 is 0 Å². The summed E-state index contributed by atoms with van der Waals surface area (Å²) in [4.78, 5) is 21.7. The molecular weight excluding hydrogens is 418 g/mol. The van der Waals surface area contributed by atoms with E-state index in [0.29, 0.717) is 55.1 Å². The first-order chi connectivity index (χ1) is 14.9. The zero-order valence-corrected chi connectivity index (χ0v) is 19.0. The Balaban J connectivity index is 1.77. The summed E-state index contributed by atoms with van der Waals surface area (Å²) in [7, 11) is 1.62. The number of methoxy groups -OCH3 is 1. The first-order valence-corrected chi connectivity index (χ1v) is 11.1. The third-order valence-corrected chi connectivity index (χ3v) is 6.55. The second-order valence-corrected chi connectivity index (χ2v) is 8.44. The summed E-state index contributed by atoms with van der Waals surface area (Å²) in [5.74, 6) is 2.10. The Hall–Kier alpha value is -2.85. The van der Waals surface area contributed by atoms with Gasteiger partial charge in [-0.25, -0.2) is 4.98 Å². The molecule has 0 saturated carbocycles. The van der Waals surface area contributed by atoms with Gasteiger partial charge in [-0.15, -0.1) is 5.10 Å². The molecule has 0 aliphatic carbocycles. The molecule has 0 unspecified atom stereocenters. The van der Waals surface area contributed by atoms with Crippen molar-refractivity contribution in [1.82, 2.24) is 24.4 Å². The number of fused-ring (bicyclic) bond motifs is 1. The van der Waals surface area contributed by atoms with Gasteiger partial charge in [0.05, 0.1) is 24.6 Å². The first kappa shape index (κ1) is 21.4. The van der Waals surface area contributed by atoms with Gasteiger partial charge in [0.2, 0.25) is 16.7 Å². The van der Waals surface area contributed by atoms with Gasteiger partial charge in [-0.2, -0.15) is 4.52 Å². The SMILES string of the molecule is CCOc1ccc([C@H](c2sc3nc(C)nn3c2O)N2CCN(C(C)=O)CC2)cc1OC. The van der Waals surface area contributed by atoms with Gasteiger partial charge in [0, 0.05) is 33.1 Å². The van der Waals surface area contributed by atoms with Gasteiger partial charge in [0.15, 0.2) is 11.5 Å². The lowest BCUT2D eigenvalue weighted by Crippen LogP contribution is -2.49. The molecule has 9 nitrogen and oxygen atoms in total. The number of carbonyl (C=O) groups excluding carboxylic acids is 1. The molecule has 4 rings (SSSR count). The quantitative estimate of drug-likeness (QED) is 0.623. The standard InChI is InChI=1S/C21H27N5O4S/c1-5-30-16-7-6-15(12-17(16)29-4)18(25-10-8-24(9-11-25)14(3)27)19-20(28)26-21(31-19)22-13(2)23-26/h6-7,12,18,28H,5,8-11H2,1-4H3/t18-/m1/s1. The summed E-state index contributed by atoms with van der Waals surface area (Å²) in [5, 5.41) is 15.3. The van der Waals surface area contributed by atoms with E-state index in [2.05, 4.69) is 15.0 Å². The van der Waals surface area contributed by atoms with E-state index in [9.17, 15) is 9.90 Å². The monoisotopic (exact) mass is 445 g/mol. The van der Waals surface area contributed by atoms with Crippen molar-refractivity contribution in [2.45, 2.75) is 26.8 Å². The Morgan fingerprint density at radius 3 is 2.61 bits per heavy atom. The number of aromatic nitrogens is 3. The number of aryl methyl sites for hydroxylation is 1. The molecule has 10 heteroatoms. The van der Waals surface area contributed by atoms with Crippen LogP contribution in [0.25, 0.3) is 4.96 Å². The fourth-order valence-electron chi connectivity index (χ4n) is 3.98. The van der Waals surface area contributed by atoms with Crippen molar-refractivity contribution in [1.29, 1.82) is 0 Å². The van der Waals surface area contributed by atoms with Gasteiger partial charge in [0.1, 0.15) is 5.82 Å². The zero-order valence-electron chi connectivity index (χ0n) is 18.2. The minimum absolute atomic E-state index is 0.0797. The van der Waals surface area contributed by atoms with Crippen molar-refractivity contribution in [2.75, 3.05) is 39.9 Å². The molecule has 1 amide bonds. The fourth-order valence-corrected chi connectivity index (χ4v) is 5.14. The molecule has 3 aromatic rings. The Morgan fingerprint density at radius 1 is 1.26 bits per heavy atom. The third kappa shape index (κ3) is 4.05. The summed E-state index contributed by atoms with van der Waals surface area (Å²) in [6.07, 6.45) is 0. The second kappa shape index (κ2) is 8.72. The zero-order chi connectivity index (χ0) is 22.1. The summed E-state index contributed by atoms with van der Waals surface area (Å²) >= 11 is 1.42. The van der Waals surface area contributed by atoms with Crippen LogP contribution in [0.3, 0.4) is 0 Å². The number of hydrogen-bond acceptors (Lipinski definition) is 8. The van der Waals surface area contributed by atoms with Crippen LogP contribution in [0.2, 0.25) is 0 Å². The van der Waals surface area contributed by atoms with Crippen molar-refractivity contribution in [3.8, 4) is 17.4 Å². The summed E-state index contributed by atoms with van der Waals surface area (Å²) in [5.41, 5.74) is 0.966. The molecule has 166 valence electrons. The van der Waals surface area contributed by atoms with E-state index in [1.165, 1.54) is 15.9 Å². The van der Waals surface area contributed by atoms with Crippen molar-refractivity contribution < 1.29 is 19.4 Å². The predicted molar refractivity (Wildman–Crippen MR) is 117 cm³/mol. The van der Waals surface area contributed by atoms with Crippen LogP contribution >= 0.6 is 11.3 Å². The number of rotatable bonds is 6. The summed E-state index contributed by atoms with van der Waals surface area (Å²) in [6.45, 7) is 8.52. The average Bonchev–Trinajstić information content (AvgIpc) is 3.27. The van der Waals surface area contributed by atoms with E-state index in [-0.39, 0.29) is 17.8 Å². The number of piperazine rings is 1. The number of benzene rings is 1. The van der Waals surface area contributed by atoms with Crippen LogP contribution in [-0.4, -0.2) is 75.3 Å². The molecule has 0 bridgehead atoms. The number of carbonyl (C=O) groups is 1. The van der Waals surface area contributed by atoms with Gasteiger partial charge in [-0.1, -0.05) is 17.4 Å². The van der Waals surface area contributed by atoms with Crippen LogP contribution in [-0.2, 0) is 4.79 Å². The van der Waals surface area contributed by atoms with E-state index in [0.717, 1.165) is 10.4 Å². The predicted octanol–water partition coefficient (Wildman–Crippen LogP) is 2.47. The fraction of sp³-hybridized carbons (Fsp3) is 0.476. The molecular formula is C21H27N5O4S. The van der Waals surface area contributed by atoms with E-state index in [4.69, 9.17) is 9.47 Å². The largest absolute Gasteiger partial charge is 0.493 e. The molecule has 1 aliphatic rings. The van der Waals surface area contributed by atoms with Crippen LogP contribution in [0.15, 0.2) is 18.2 Å². The normalized spacial score (nSPS) is 15.9. The summed E-state index contributed by atoms with van der Waals surface area (Å²) in [6, 6.07) is 5.62. The first-order valence-electron chi connectivity index (χ1n) is 10.3. The molecule has 1 aliphatic heterocycles. The Labute approximate surface area is 184 Å². The maximum absolute atomic E-state index is 11.8. The molecule has 31 heavy (non-hydrogen) atoms. The van der Waals surface area contributed by atoms with Crippen molar-refractivity contribution >= 4 is 22.2 Å². The van der Waals surface area contributed by atoms with Crippen LogP contribution in [0.5, 0.6) is 17.4 Å². The van der Waals surface area contributed by atoms with Gasteiger partial charge in [-0.3, -0.25) is 9.69 Å². The Morgan fingerprint density at radius 2 is 2.00 bits per heavy atom. The van der Waals surface area contributed by atoms with Crippen molar-refractivity contribution in [3.63, 3.8) is 0 Å². The molecule has 0 spiro atoms. The smallest absolute Gasteiger partial charge is 0.230 e. The maximum atomic E-state index is 11.8. The van der Waals surface area contributed by atoms with Gasteiger partial charge in [0.25, 0.3) is 0 Å². The summed E-state index contributed by atoms with van der Waals surface area (Å²) < 4.78 is 12.7. The number of nitrogens with zero attached hydrogens (tertiary/aromatic N) is 5. The number of aromatic hydroxyl groups is 1. The number of thiazole rings is 1. The van der Waals surface area contributed by atoms with Crippen LogP contribution in [0.4, 0.5) is 0 Å². The average molecular weight is 446 g/mol. The molecule has 2 aromatic heterocycles. The lowest BCUT2D eigenvalue weighted by Gasteiger charge is -2.38. The second-order valence-electron chi connectivity index (χ2n) is 7.43. The third-order valence-electron chi connectivity index (χ3n) is 5.48. The highest BCUT2D eigenvalue weighted by Crippen LogP contribution is 2.42. The highest BCUT2D eigenvalue weighted by atomic mass is 32.1.